The molecule has 0 bridgehead atoms. The number of hydrogen-bond acceptors (Lipinski definition) is 2. The van der Waals surface area contributed by atoms with Crippen molar-refractivity contribution in [2.75, 3.05) is 6.54 Å². The molecule has 1 amide bonds. The molecule has 0 aliphatic carbocycles. The molecule has 2 rings (SSSR count). The van der Waals surface area contributed by atoms with Crippen LogP contribution in [0.4, 0.5) is 4.39 Å². The van der Waals surface area contributed by atoms with E-state index in [1.165, 1.54) is 6.07 Å². The van der Waals surface area contributed by atoms with Gasteiger partial charge in [-0.1, -0.05) is 12.1 Å². The van der Waals surface area contributed by atoms with Crippen LogP contribution in [0.25, 0.3) is 0 Å². The third-order valence-electron chi connectivity index (χ3n) is 4.15. The molecule has 1 aromatic carbocycles. The maximum Gasteiger partial charge on any atom is 0.227 e. The first-order valence-electron chi connectivity index (χ1n) is 6.63. The smallest absolute Gasteiger partial charge is 0.227 e. The molecular formula is C15H21FN2O. The minimum atomic E-state index is -0.299. The number of aryl methyl sites for hydroxylation is 1. The topological polar surface area (TPSA) is 46.3 Å². The molecule has 104 valence electrons. The summed E-state index contributed by atoms with van der Waals surface area (Å²) in [6.07, 6.45) is 1.14. The van der Waals surface area contributed by atoms with Crippen LogP contribution in [0.5, 0.6) is 0 Å². The summed E-state index contributed by atoms with van der Waals surface area (Å²) in [6, 6.07) is 4.84. The second-order valence-corrected chi connectivity index (χ2v) is 5.85. The first kappa shape index (κ1) is 14.0. The van der Waals surface area contributed by atoms with E-state index in [2.05, 4.69) is 0 Å². The van der Waals surface area contributed by atoms with Crippen molar-refractivity contribution in [2.24, 2.45) is 5.73 Å². The summed E-state index contributed by atoms with van der Waals surface area (Å²) in [5, 5.41) is 0. The molecule has 1 heterocycles. The number of carbonyl (C=O) groups excluding carboxylic acids is 1. The predicted octanol–water partition coefficient (Wildman–Crippen LogP) is 2.01. The number of likely N-dealkylation sites (tertiary alicyclic amines) is 1. The van der Waals surface area contributed by atoms with Crippen LogP contribution < -0.4 is 5.73 Å². The molecular weight excluding hydrogens is 243 g/mol. The van der Waals surface area contributed by atoms with Gasteiger partial charge < -0.3 is 10.6 Å². The van der Waals surface area contributed by atoms with Crippen LogP contribution in [0.2, 0.25) is 0 Å². The van der Waals surface area contributed by atoms with E-state index in [1.807, 2.05) is 18.7 Å². The number of nitrogens with zero attached hydrogens (tertiary/aromatic N) is 1. The van der Waals surface area contributed by atoms with Crippen molar-refractivity contribution < 1.29 is 9.18 Å². The highest BCUT2D eigenvalue weighted by molar-refractivity contribution is 5.80. The maximum atomic E-state index is 13.2. The lowest BCUT2D eigenvalue weighted by Gasteiger charge is -2.34. The van der Waals surface area contributed by atoms with Crippen molar-refractivity contribution >= 4 is 5.91 Å². The number of nitrogens with two attached hydrogens (primary N) is 1. The Balaban J connectivity index is 2.11. The zero-order valence-corrected chi connectivity index (χ0v) is 11.7. The van der Waals surface area contributed by atoms with Gasteiger partial charge >= 0.3 is 0 Å². The van der Waals surface area contributed by atoms with Crippen LogP contribution in [-0.4, -0.2) is 28.9 Å². The minimum Gasteiger partial charge on any atom is -0.336 e. The summed E-state index contributed by atoms with van der Waals surface area (Å²) in [6.45, 7) is 6.41. The Morgan fingerprint density at radius 2 is 2.21 bits per heavy atom. The number of benzene rings is 1. The van der Waals surface area contributed by atoms with Crippen molar-refractivity contribution in [3.8, 4) is 0 Å². The van der Waals surface area contributed by atoms with Gasteiger partial charge in [0, 0.05) is 12.6 Å². The van der Waals surface area contributed by atoms with Gasteiger partial charge in [0.15, 0.2) is 0 Å². The van der Waals surface area contributed by atoms with Gasteiger partial charge in [-0.3, -0.25) is 4.79 Å². The summed E-state index contributed by atoms with van der Waals surface area (Å²) >= 11 is 0. The van der Waals surface area contributed by atoms with E-state index < -0.39 is 0 Å². The zero-order chi connectivity index (χ0) is 14.2. The van der Waals surface area contributed by atoms with E-state index >= 15 is 0 Å². The molecule has 0 radical (unpaired) electrons. The van der Waals surface area contributed by atoms with Gasteiger partial charge in [0.2, 0.25) is 5.91 Å². The Kier molecular flexibility index (Phi) is 3.63. The molecule has 0 spiro atoms. The lowest BCUT2D eigenvalue weighted by molar-refractivity contribution is -0.133. The van der Waals surface area contributed by atoms with Gasteiger partial charge in [-0.25, -0.2) is 4.39 Å². The van der Waals surface area contributed by atoms with Crippen molar-refractivity contribution in [2.45, 2.75) is 45.2 Å². The zero-order valence-electron chi connectivity index (χ0n) is 11.7. The Labute approximate surface area is 113 Å². The quantitative estimate of drug-likeness (QED) is 0.888. The number of rotatable bonds is 2. The fraction of sp³-hybridized carbons (Fsp3) is 0.533. The summed E-state index contributed by atoms with van der Waals surface area (Å²) < 4.78 is 13.2. The molecule has 3 nitrogen and oxygen atoms in total. The number of halogens is 1. The van der Waals surface area contributed by atoms with E-state index in [-0.39, 0.29) is 23.3 Å². The molecule has 1 atom stereocenters. The molecule has 0 aromatic heterocycles. The van der Waals surface area contributed by atoms with Crippen LogP contribution in [0.3, 0.4) is 0 Å². The highest BCUT2D eigenvalue weighted by Gasteiger charge is 2.41. The highest BCUT2D eigenvalue weighted by Crippen LogP contribution is 2.28. The first-order chi connectivity index (χ1) is 8.82. The molecule has 4 heteroatoms. The number of amides is 1. The molecule has 1 saturated heterocycles. The van der Waals surface area contributed by atoms with Crippen LogP contribution in [-0.2, 0) is 11.2 Å². The first-order valence-corrected chi connectivity index (χ1v) is 6.63. The molecule has 0 saturated carbocycles. The van der Waals surface area contributed by atoms with Gasteiger partial charge in [-0.2, -0.15) is 0 Å². The van der Waals surface area contributed by atoms with Gasteiger partial charge in [0.05, 0.1) is 12.0 Å². The highest BCUT2D eigenvalue weighted by atomic mass is 19.1. The number of carbonyl (C=O) groups is 1. The summed E-state index contributed by atoms with van der Waals surface area (Å²) in [7, 11) is 0. The lowest BCUT2D eigenvalue weighted by Crippen LogP contribution is -2.51. The van der Waals surface area contributed by atoms with Gasteiger partial charge in [0.1, 0.15) is 5.82 Å². The Morgan fingerprint density at radius 1 is 1.53 bits per heavy atom. The van der Waals surface area contributed by atoms with E-state index in [1.54, 1.807) is 19.1 Å². The second kappa shape index (κ2) is 4.93. The Hall–Kier alpha value is -1.42. The molecule has 1 aliphatic rings. The van der Waals surface area contributed by atoms with Crippen LogP contribution in [0.1, 0.15) is 31.4 Å². The van der Waals surface area contributed by atoms with Gasteiger partial charge in [-0.05, 0) is 44.4 Å². The molecule has 1 aliphatic heterocycles. The van der Waals surface area contributed by atoms with Crippen LogP contribution in [0, 0.1) is 12.7 Å². The average Bonchev–Trinajstić information content (AvgIpc) is 2.59. The standard InChI is InChI=1S/C15H21FN2O/c1-10-8-11(4-5-12(10)16)9-14(19)18-7-6-13(17)15(18,2)3/h4-5,8,13H,6-7,9,17H2,1-3H3. The molecule has 1 fully saturated rings. The average molecular weight is 264 g/mol. The molecule has 19 heavy (non-hydrogen) atoms. The van der Waals surface area contributed by atoms with E-state index in [4.69, 9.17) is 5.73 Å². The largest absolute Gasteiger partial charge is 0.336 e. The monoisotopic (exact) mass is 264 g/mol. The van der Waals surface area contributed by atoms with Gasteiger partial charge in [0.25, 0.3) is 0 Å². The maximum absolute atomic E-state index is 13.2. The lowest BCUT2D eigenvalue weighted by atomic mass is 9.96. The molecule has 1 unspecified atom stereocenters. The SMILES string of the molecule is Cc1cc(CC(=O)N2CCC(N)C2(C)C)ccc1F. The summed E-state index contributed by atoms with van der Waals surface area (Å²) in [4.78, 5) is 14.2. The molecule has 1 aromatic rings. The molecule has 2 N–H and O–H groups in total. The van der Waals surface area contributed by atoms with Gasteiger partial charge in [-0.15, -0.1) is 0 Å². The second-order valence-electron chi connectivity index (χ2n) is 5.85. The fourth-order valence-electron chi connectivity index (χ4n) is 2.64. The third kappa shape index (κ3) is 2.63. The fourth-order valence-corrected chi connectivity index (χ4v) is 2.64. The Bertz CT molecular complexity index is 499. The van der Waals surface area contributed by atoms with Crippen molar-refractivity contribution in [1.82, 2.24) is 4.90 Å². The van der Waals surface area contributed by atoms with Crippen LogP contribution >= 0.6 is 0 Å². The predicted molar refractivity (Wildman–Crippen MR) is 73.2 cm³/mol. The van der Waals surface area contributed by atoms with Crippen molar-refractivity contribution in [1.29, 1.82) is 0 Å². The van der Waals surface area contributed by atoms with E-state index in [0.717, 1.165) is 12.0 Å². The normalized spacial score (nSPS) is 21.7. The summed E-state index contributed by atoms with van der Waals surface area (Å²) in [5.74, 6) is -0.177. The van der Waals surface area contributed by atoms with E-state index in [9.17, 15) is 9.18 Å². The number of hydrogen-bond donors (Lipinski definition) is 1. The third-order valence-corrected chi connectivity index (χ3v) is 4.15. The minimum absolute atomic E-state index is 0.0198. The van der Waals surface area contributed by atoms with Crippen LogP contribution in [0.15, 0.2) is 18.2 Å². The Morgan fingerprint density at radius 3 is 2.74 bits per heavy atom. The van der Waals surface area contributed by atoms with Crippen molar-refractivity contribution in [3.05, 3.63) is 35.1 Å². The van der Waals surface area contributed by atoms with E-state index in [0.29, 0.717) is 18.5 Å². The van der Waals surface area contributed by atoms with Crippen molar-refractivity contribution in [3.63, 3.8) is 0 Å². The summed E-state index contributed by atoms with van der Waals surface area (Å²) in [5.41, 5.74) is 7.15.